The molecule has 4 rings (SSSR count). The number of rotatable bonds is 8. The van der Waals surface area contributed by atoms with Crippen LogP contribution in [0.15, 0.2) is 41.4 Å². The minimum Gasteiger partial charge on any atom is -0.355 e. The molecule has 168 valence electrons. The average Bonchev–Trinajstić information content (AvgIpc) is 3.31. The van der Waals surface area contributed by atoms with E-state index in [1.165, 1.54) is 12.8 Å². The van der Waals surface area contributed by atoms with Gasteiger partial charge >= 0.3 is 0 Å². The Hall–Kier alpha value is -2.03. The summed E-state index contributed by atoms with van der Waals surface area (Å²) >= 11 is 0. The van der Waals surface area contributed by atoms with Crippen molar-refractivity contribution in [2.45, 2.75) is 43.4 Å². The van der Waals surface area contributed by atoms with Crippen LogP contribution in [-0.4, -0.2) is 56.9 Å². The lowest BCUT2D eigenvalue weighted by molar-refractivity contribution is -0.126. The molecule has 1 aromatic carbocycles. The molecule has 31 heavy (non-hydrogen) atoms. The average molecular weight is 445 g/mol. The lowest BCUT2D eigenvalue weighted by Crippen LogP contribution is -2.39. The number of para-hydroxylation sites is 1. The third-order valence-corrected chi connectivity index (χ3v) is 8.05. The summed E-state index contributed by atoms with van der Waals surface area (Å²) in [5.41, 5.74) is 0.492. The number of fused-ring (bicyclic) bond motifs is 1. The Labute approximate surface area is 184 Å². The normalized spacial score (nSPS) is 22.6. The third-order valence-electron chi connectivity index (χ3n) is 6.59. The number of nitrogens with zero attached hydrogens (tertiary/aromatic N) is 2. The molecular weight excluding hydrogens is 412 g/mol. The number of hydrogen-bond donors (Lipinski definition) is 2. The standard InChI is InChI=1S/C23H32N4O3S/c28-23(25-13-16-27-14-1-2-15-27)20-10-8-18(9-11-20)17-26-31(29,30)21-7-3-5-19-6-4-12-24-22(19)21/h3-7,12,18,20,26H,1-2,8-11,13-17H2,(H,25,28). The molecule has 1 aliphatic carbocycles. The molecule has 8 heteroatoms. The van der Waals surface area contributed by atoms with Gasteiger partial charge in [0.1, 0.15) is 4.90 Å². The van der Waals surface area contributed by atoms with Crippen molar-refractivity contribution in [3.05, 3.63) is 36.5 Å². The summed E-state index contributed by atoms with van der Waals surface area (Å²) in [7, 11) is -3.63. The quantitative estimate of drug-likeness (QED) is 0.653. The van der Waals surface area contributed by atoms with Crippen LogP contribution in [0.4, 0.5) is 0 Å². The zero-order valence-electron chi connectivity index (χ0n) is 17.9. The maximum absolute atomic E-state index is 12.9. The third kappa shape index (κ3) is 5.61. The number of hydrogen-bond acceptors (Lipinski definition) is 5. The summed E-state index contributed by atoms with van der Waals surface area (Å²) in [5, 5.41) is 3.90. The molecule has 7 nitrogen and oxygen atoms in total. The summed E-state index contributed by atoms with van der Waals surface area (Å²) in [6.45, 7) is 4.34. The molecule has 1 aliphatic heterocycles. The Morgan fingerprint density at radius 2 is 1.81 bits per heavy atom. The lowest BCUT2D eigenvalue weighted by Gasteiger charge is -2.28. The van der Waals surface area contributed by atoms with E-state index in [1.54, 1.807) is 24.4 Å². The van der Waals surface area contributed by atoms with Crippen molar-refractivity contribution in [2.75, 3.05) is 32.7 Å². The minimum atomic E-state index is -3.63. The second kappa shape index (κ2) is 10.1. The van der Waals surface area contributed by atoms with E-state index in [0.29, 0.717) is 12.1 Å². The van der Waals surface area contributed by atoms with E-state index < -0.39 is 10.0 Å². The van der Waals surface area contributed by atoms with Gasteiger partial charge in [-0.1, -0.05) is 18.2 Å². The number of benzene rings is 1. The van der Waals surface area contributed by atoms with E-state index in [9.17, 15) is 13.2 Å². The first-order chi connectivity index (χ1) is 15.0. The summed E-state index contributed by atoms with van der Waals surface area (Å²) < 4.78 is 28.5. The van der Waals surface area contributed by atoms with Crippen LogP contribution in [0.1, 0.15) is 38.5 Å². The van der Waals surface area contributed by atoms with Crippen molar-refractivity contribution in [2.24, 2.45) is 11.8 Å². The van der Waals surface area contributed by atoms with Crippen LogP contribution in [-0.2, 0) is 14.8 Å². The minimum absolute atomic E-state index is 0.0497. The highest BCUT2D eigenvalue weighted by atomic mass is 32.2. The van der Waals surface area contributed by atoms with Crippen molar-refractivity contribution < 1.29 is 13.2 Å². The summed E-state index contributed by atoms with van der Waals surface area (Å²) in [6, 6.07) is 8.86. The molecule has 2 aliphatic rings. The number of likely N-dealkylation sites (tertiary alicyclic amines) is 1. The van der Waals surface area contributed by atoms with Crippen LogP contribution in [0, 0.1) is 11.8 Å². The molecule has 0 bridgehead atoms. The molecule has 1 saturated carbocycles. The van der Waals surface area contributed by atoms with E-state index in [0.717, 1.165) is 57.2 Å². The second-order valence-corrected chi connectivity index (χ2v) is 10.5. The van der Waals surface area contributed by atoms with Gasteiger partial charge in [-0.05, 0) is 69.7 Å². The highest BCUT2D eigenvalue weighted by molar-refractivity contribution is 7.89. The van der Waals surface area contributed by atoms with Gasteiger partial charge < -0.3 is 10.2 Å². The molecule has 2 N–H and O–H groups in total. The van der Waals surface area contributed by atoms with Gasteiger partial charge in [-0.25, -0.2) is 13.1 Å². The Balaban J connectivity index is 1.23. The number of pyridine rings is 1. The summed E-state index contributed by atoms with van der Waals surface area (Å²) in [5.74, 6) is 0.458. The second-order valence-electron chi connectivity index (χ2n) is 8.74. The number of aromatic nitrogens is 1. The van der Waals surface area contributed by atoms with Crippen LogP contribution in [0.3, 0.4) is 0 Å². The van der Waals surface area contributed by atoms with Crippen LogP contribution >= 0.6 is 0 Å². The molecule has 0 radical (unpaired) electrons. The van der Waals surface area contributed by atoms with Crippen molar-refractivity contribution >= 4 is 26.8 Å². The van der Waals surface area contributed by atoms with Gasteiger partial charge in [-0.2, -0.15) is 0 Å². The predicted octanol–water partition coefficient (Wildman–Crippen LogP) is 2.53. The SMILES string of the molecule is O=C(NCCN1CCCC1)C1CCC(CNS(=O)(=O)c2cccc3cccnc23)CC1. The van der Waals surface area contributed by atoms with Crippen molar-refractivity contribution in [1.82, 2.24) is 19.9 Å². The Morgan fingerprint density at radius 3 is 2.58 bits per heavy atom. The van der Waals surface area contributed by atoms with E-state index in [1.807, 2.05) is 12.1 Å². The fourth-order valence-electron chi connectivity index (χ4n) is 4.71. The number of carbonyl (C=O) groups excluding carboxylic acids is 1. The first kappa shape index (κ1) is 22.2. The highest BCUT2D eigenvalue weighted by Crippen LogP contribution is 2.29. The van der Waals surface area contributed by atoms with Crippen LogP contribution in [0.2, 0.25) is 0 Å². The molecule has 1 aromatic heterocycles. The summed E-state index contributed by atoms with van der Waals surface area (Å²) in [6.07, 6.45) is 7.49. The molecular formula is C23H32N4O3S. The first-order valence-electron chi connectivity index (χ1n) is 11.4. The van der Waals surface area contributed by atoms with E-state index in [2.05, 4.69) is 19.9 Å². The van der Waals surface area contributed by atoms with Gasteiger partial charge in [0, 0.05) is 37.1 Å². The van der Waals surface area contributed by atoms with Crippen molar-refractivity contribution in [3.8, 4) is 0 Å². The molecule has 0 atom stereocenters. The van der Waals surface area contributed by atoms with E-state index in [-0.39, 0.29) is 22.6 Å². The van der Waals surface area contributed by atoms with Crippen LogP contribution in [0.25, 0.3) is 10.9 Å². The number of nitrogens with one attached hydrogen (secondary N) is 2. The molecule has 1 amide bonds. The Bertz CT molecular complexity index is 992. The van der Waals surface area contributed by atoms with Gasteiger partial charge in [0.25, 0.3) is 0 Å². The lowest BCUT2D eigenvalue weighted by atomic mass is 9.81. The van der Waals surface area contributed by atoms with Crippen molar-refractivity contribution in [3.63, 3.8) is 0 Å². The predicted molar refractivity (Wildman–Crippen MR) is 121 cm³/mol. The summed E-state index contributed by atoms with van der Waals surface area (Å²) in [4.78, 5) is 19.3. The number of amides is 1. The van der Waals surface area contributed by atoms with Gasteiger partial charge in [0.15, 0.2) is 0 Å². The van der Waals surface area contributed by atoms with Gasteiger partial charge in [-0.3, -0.25) is 9.78 Å². The maximum Gasteiger partial charge on any atom is 0.242 e. The molecule has 2 aromatic rings. The van der Waals surface area contributed by atoms with Gasteiger partial charge in [0.2, 0.25) is 15.9 Å². The van der Waals surface area contributed by atoms with E-state index in [4.69, 9.17) is 0 Å². The Kier molecular flexibility index (Phi) is 7.20. The van der Waals surface area contributed by atoms with Crippen LogP contribution in [0.5, 0.6) is 0 Å². The smallest absolute Gasteiger partial charge is 0.242 e. The first-order valence-corrected chi connectivity index (χ1v) is 12.8. The zero-order valence-corrected chi connectivity index (χ0v) is 18.7. The molecule has 2 heterocycles. The molecule has 0 unspecified atom stereocenters. The van der Waals surface area contributed by atoms with Gasteiger partial charge in [0.05, 0.1) is 5.52 Å². The number of carbonyl (C=O) groups is 1. The topological polar surface area (TPSA) is 91.4 Å². The molecule has 0 spiro atoms. The number of sulfonamides is 1. The molecule has 2 fully saturated rings. The molecule has 1 saturated heterocycles. The Morgan fingerprint density at radius 1 is 1.06 bits per heavy atom. The maximum atomic E-state index is 12.9. The monoisotopic (exact) mass is 444 g/mol. The largest absolute Gasteiger partial charge is 0.355 e. The zero-order chi connectivity index (χ0) is 21.7. The van der Waals surface area contributed by atoms with E-state index >= 15 is 0 Å². The fourth-order valence-corrected chi connectivity index (χ4v) is 6.01. The fraction of sp³-hybridized carbons (Fsp3) is 0.565. The van der Waals surface area contributed by atoms with Crippen LogP contribution < -0.4 is 10.0 Å². The van der Waals surface area contributed by atoms with Crippen molar-refractivity contribution in [1.29, 1.82) is 0 Å². The van der Waals surface area contributed by atoms with Gasteiger partial charge in [-0.15, -0.1) is 0 Å². The highest BCUT2D eigenvalue weighted by Gasteiger charge is 2.27.